The second-order valence-electron chi connectivity index (χ2n) is 4.73. The Balaban J connectivity index is 2.19. The Morgan fingerprint density at radius 3 is 2.67 bits per heavy atom. The number of nitrogens with zero attached hydrogens (tertiary/aromatic N) is 2. The number of amides is 1. The van der Waals surface area contributed by atoms with Crippen LogP contribution in [0.2, 0.25) is 0 Å². The van der Waals surface area contributed by atoms with Crippen LogP contribution in [0.15, 0.2) is 24.5 Å². The van der Waals surface area contributed by atoms with E-state index in [1.165, 1.54) is 0 Å². The van der Waals surface area contributed by atoms with Crippen molar-refractivity contribution in [3.63, 3.8) is 0 Å². The van der Waals surface area contributed by atoms with Gasteiger partial charge < -0.3 is 10.1 Å². The summed E-state index contributed by atoms with van der Waals surface area (Å²) in [7, 11) is 0. The minimum Gasteiger partial charge on any atom is -0.444 e. The highest BCUT2D eigenvalue weighted by molar-refractivity contribution is 5.67. The molecule has 0 saturated carbocycles. The molecule has 5 heteroatoms. The van der Waals surface area contributed by atoms with Crippen LogP contribution in [0.1, 0.15) is 33.0 Å². The number of nitrogens with one attached hydrogen (secondary N) is 1. The summed E-state index contributed by atoms with van der Waals surface area (Å²) in [5, 5.41) is 2.67. The number of hydrogen-bond donors (Lipinski definition) is 1. The third-order valence-corrected chi connectivity index (χ3v) is 1.83. The first-order valence-electron chi connectivity index (χ1n) is 5.88. The molecule has 1 aromatic rings. The molecule has 0 aliphatic rings. The molecule has 0 saturated heterocycles. The zero-order valence-corrected chi connectivity index (χ0v) is 11.0. The second-order valence-corrected chi connectivity index (χ2v) is 4.73. The van der Waals surface area contributed by atoms with Crippen molar-refractivity contribution < 1.29 is 9.53 Å². The number of ether oxygens (including phenoxy) is 1. The molecular weight excluding hydrogens is 230 g/mol. The van der Waals surface area contributed by atoms with Crippen molar-refractivity contribution in [2.45, 2.75) is 32.8 Å². The van der Waals surface area contributed by atoms with E-state index >= 15 is 0 Å². The Bertz CT molecular complexity index is 396. The summed E-state index contributed by atoms with van der Waals surface area (Å²) in [6.07, 6.45) is 7.41. The van der Waals surface area contributed by atoms with E-state index in [2.05, 4.69) is 15.3 Å². The number of rotatable bonds is 4. The number of carbonyl (C=O) groups excluding carboxylic acids is 1. The van der Waals surface area contributed by atoms with Crippen LogP contribution in [0, 0.1) is 0 Å². The molecule has 5 nitrogen and oxygen atoms in total. The van der Waals surface area contributed by atoms with Crippen LogP contribution in [0.25, 0.3) is 6.08 Å². The van der Waals surface area contributed by atoms with Gasteiger partial charge >= 0.3 is 6.09 Å². The van der Waals surface area contributed by atoms with Gasteiger partial charge in [-0.2, -0.15) is 0 Å². The highest BCUT2D eigenvalue weighted by Crippen LogP contribution is 2.06. The summed E-state index contributed by atoms with van der Waals surface area (Å²) in [6.45, 7) is 6.02. The molecule has 18 heavy (non-hydrogen) atoms. The average Bonchev–Trinajstić information content (AvgIpc) is 2.27. The molecule has 0 radical (unpaired) electrons. The summed E-state index contributed by atoms with van der Waals surface area (Å²) < 4.78 is 5.10. The van der Waals surface area contributed by atoms with Gasteiger partial charge in [-0.3, -0.25) is 0 Å². The van der Waals surface area contributed by atoms with Crippen molar-refractivity contribution in [3.05, 3.63) is 30.4 Å². The third kappa shape index (κ3) is 6.62. The predicted molar refractivity (Wildman–Crippen MR) is 69.9 cm³/mol. The van der Waals surface area contributed by atoms with E-state index < -0.39 is 11.7 Å². The number of carbonyl (C=O) groups is 1. The van der Waals surface area contributed by atoms with Crippen molar-refractivity contribution in [3.8, 4) is 0 Å². The normalized spacial score (nSPS) is 11.5. The Kier molecular flexibility index (Phi) is 5.30. The lowest BCUT2D eigenvalue weighted by Crippen LogP contribution is -2.32. The summed E-state index contributed by atoms with van der Waals surface area (Å²) in [5.41, 5.74) is -0.461. The number of hydrogen-bond acceptors (Lipinski definition) is 4. The van der Waals surface area contributed by atoms with Crippen LogP contribution in [0.3, 0.4) is 0 Å². The van der Waals surface area contributed by atoms with Gasteiger partial charge in [0.05, 0.1) is 0 Å². The molecule has 1 heterocycles. The zero-order valence-electron chi connectivity index (χ0n) is 11.0. The highest BCUT2D eigenvalue weighted by atomic mass is 16.6. The SMILES string of the molecule is CC(C)(C)OC(=O)NCCC=Cc1ncccn1. The first kappa shape index (κ1) is 14.2. The van der Waals surface area contributed by atoms with E-state index in [1.54, 1.807) is 18.5 Å². The zero-order chi connectivity index (χ0) is 13.4. The number of alkyl carbamates (subject to hydrolysis) is 1. The van der Waals surface area contributed by atoms with Crippen molar-refractivity contribution in [2.24, 2.45) is 0 Å². The standard InChI is InChI=1S/C13H19N3O2/c1-13(2,3)18-12(17)16-8-5-4-7-11-14-9-6-10-15-11/h4,6-7,9-10H,5,8H2,1-3H3,(H,16,17). The van der Waals surface area contributed by atoms with Crippen molar-refractivity contribution in [1.29, 1.82) is 0 Å². The molecule has 0 spiro atoms. The van der Waals surface area contributed by atoms with E-state index in [0.29, 0.717) is 18.8 Å². The first-order chi connectivity index (χ1) is 8.47. The van der Waals surface area contributed by atoms with Gasteiger partial charge in [-0.15, -0.1) is 0 Å². The minimum absolute atomic E-state index is 0.396. The molecule has 0 unspecified atom stereocenters. The van der Waals surface area contributed by atoms with E-state index in [9.17, 15) is 4.79 Å². The molecule has 0 atom stereocenters. The van der Waals surface area contributed by atoms with Crippen molar-refractivity contribution in [2.75, 3.05) is 6.54 Å². The minimum atomic E-state index is -0.461. The van der Waals surface area contributed by atoms with Gasteiger partial charge in [0, 0.05) is 18.9 Å². The topological polar surface area (TPSA) is 64.1 Å². The van der Waals surface area contributed by atoms with Crippen LogP contribution in [-0.4, -0.2) is 28.2 Å². The average molecular weight is 249 g/mol. The molecule has 0 aliphatic carbocycles. The van der Waals surface area contributed by atoms with Gasteiger partial charge in [-0.25, -0.2) is 14.8 Å². The van der Waals surface area contributed by atoms with Crippen LogP contribution in [-0.2, 0) is 4.74 Å². The molecular formula is C13H19N3O2. The maximum absolute atomic E-state index is 11.3. The quantitative estimate of drug-likeness (QED) is 0.832. The van der Waals surface area contributed by atoms with Gasteiger partial charge in [0.15, 0.2) is 5.82 Å². The Labute approximate surface area is 107 Å². The fourth-order valence-electron chi connectivity index (χ4n) is 1.16. The first-order valence-corrected chi connectivity index (χ1v) is 5.88. The summed E-state index contributed by atoms with van der Waals surface area (Å²) >= 11 is 0. The van der Waals surface area contributed by atoms with E-state index in [-0.39, 0.29) is 0 Å². The summed E-state index contributed by atoms with van der Waals surface area (Å²) in [6, 6.07) is 1.77. The lowest BCUT2D eigenvalue weighted by Gasteiger charge is -2.19. The van der Waals surface area contributed by atoms with Gasteiger partial charge in [0.1, 0.15) is 5.60 Å². The maximum Gasteiger partial charge on any atom is 0.407 e. The van der Waals surface area contributed by atoms with Crippen LogP contribution < -0.4 is 5.32 Å². The molecule has 0 aromatic carbocycles. The van der Waals surface area contributed by atoms with Crippen molar-refractivity contribution in [1.82, 2.24) is 15.3 Å². The van der Waals surface area contributed by atoms with Gasteiger partial charge in [0.2, 0.25) is 0 Å². The summed E-state index contributed by atoms with van der Waals surface area (Å²) in [4.78, 5) is 19.4. The van der Waals surface area contributed by atoms with Crippen LogP contribution >= 0.6 is 0 Å². The maximum atomic E-state index is 11.3. The Morgan fingerprint density at radius 2 is 2.06 bits per heavy atom. The summed E-state index contributed by atoms with van der Waals surface area (Å²) in [5.74, 6) is 0.662. The predicted octanol–water partition coefficient (Wildman–Crippen LogP) is 2.40. The third-order valence-electron chi connectivity index (χ3n) is 1.83. The molecule has 1 rings (SSSR count). The van der Waals surface area contributed by atoms with Crippen LogP contribution in [0.4, 0.5) is 4.79 Å². The molecule has 0 aliphatic heterocycles. The highest BCUT2D eigenvalue weighted by Gasteiger charge is 2.14. The van der Waals surface area contributed by atoms with Gasteiger partial charge in [0.25, 0.3) is 0 Å². The molecule has 0 bridgehead atoms. The fraction of sp³-hybridized carbons (Fsp3) is 0.462. The Morgan fingerprint density at radius 1 is 1.39 bits per heavy atom. The number of aromatic nitrogens is 2. The largest absolute Gasteiger partial charge is 0.444 e. The Hall–Kier alpha value is -1.91. The smallest absolute Gasteiger partial charge is 0.407 e. The molecule has 98 valence electrons. The monoisotopic (exact) mass is 249 g/mol. The molecule has 0 fully saturated rings. The lowest BCUT2D eigenvalue weighted by atomic mass is 10.2. The van der Waals surface area contributed by atoms with E-state index in [1.807, 2.05) is 32.9 Å². The van der Waals surface area contributed by atoms with Gasteiger partial charge in [-0.05, 0) is 39.3 Å². The second kappa shape index (κ2) is 6.74. The molecule has 1 N–H and O–H groups in total. The molecule has 1 aromatic heterocycles. The lowest BCUT2D eigenvalue weighted by molar-refractivity contribution is 0.0529. The molecule has 1 amide bonds. The van der Waals surface area contributed by atoms with E-state index in [0.717, 1.165) is 0 Å². The van der Waals surface area contributed by atoms with Gasteiger partial charge in [-0.1, -0.05) is 6.08 Å². The fourth-order valence-corrected chi connectivity index (χ4v) is 1.16. The van der Waals surface area contributed by atoms with E-state index in [4.69, 9.17) is 4.74 Å². The van der Waals surface area contributed by atoms with Crippen LogP contribution in [0.5, 0.6) is 0 Å². The van der Waals surface area contributed by atoms with Crippen molar-refractivity contribution >= 4 is 12.2 Å².